The molecule has 0 rings (SSSR count). The zero-order chi connectivity index (χ0) is 14.9. The van der Waals surface area contributed by atoms with E-state index in [1.165, 1.54) is 83.6 Å². The molecule has 0 aromatic carbocycles. The minimum absolute atomic E-state index is 0.706. The van der Waals surface area contributed by atoms with Crippen molar-refractivity contribution in [3.8, 4) is 0 Å². The summed E-state index contributed by atoms with van der Waals surface area (Å²) in [6, 6.07) is 0.706. The zero-order valence-corrected chi connectivity index (χ0v) is 14.4. The third kappa shape index (κ3) is 15.8. The number of allylic oxidation sites excluding steroid dienone is 2. The monoisotopic (exact) mass is 281 g/mol. The van der Waals surface area contributed by atoms with Gasteiger partial charge in [-0.1, -0.05) is 64.5 Å². The van der Waals surface area contributed by atoms with Crippen molar-refractivity contribution in [1.29, 1.82) is 0 Å². The van der Waals surface area contributed by atoms with E-state index < -0.39 is 0 Å². The number of hydrogen-bond acceptors (Lipinski definition) is 1. The van der Waals surface area contributed by atoms with Crippen molar-refractivity contribution >= 4 is 0 Å². The van der Waals surface area contributed by atoms with Crippen molar-refractivity contribution in [2.24, 2.45) is 0 Å². The predicted molar refractivity (Wildman–Crippen MR) is 93.4 cm³/mol. The molecule has 0 amide bonds. The lowest BCUT2D eigenvalue weighted by atomic mass is 10.1. The summed E-state index contributed by atoms with van der Waals surface area (Å²) in [4.78, 5) is 0. The van der Waals surface area contributed by atoms with Crippen LogP contribution in [0.1, 0.15) is 97.8 Å². The van der Waals surface area contributed by atoms with Crippen LogP contribution in [0, 0.1) is 0 Å². The van der Waals surface area contributed by atoms with Crippen molar-refractivity contribution in [2.75, 3.05) is 6.54 Å². The fourth-order valence-electron chi connectivity index (χ4n) is 2.48. The van der Waals surface area contributed by atoms with Gasteiger partial charge in [-0.2, -0.15) is 0 Å². The van der Waals surface area contributed by atoms with Gasteiger partial charge in [0, 0.05) is 6.04 Å². The normalized spacial score (nSPS) is 13.2. The van der Waals surface area contributed by atoms with Crippen molar-refractivity contribution in [2.45, 2.75) is 104 Å². The van der Waals surface area contributed by atoms with Crippen molar-refractivity contribution < 1.29 is 0 Å². The molecule has 0 fully saturated rings. The molecule has 1 heteroatoms. The average molecular weight is 282 g/mol. The average Bonchev–Trinajstić information content (AvgIpc) is 2.46. The number of unbranched alkanes of at least 4 members (excludes halogenated alkanes) is 8. The van der Waals surface area contributed by atoms with Gasteiger partial charge in [0.1, 0.15) is 0 Å². The molecular formula is C19H39N. The summed E-state index contributed by atoms with van der Waals surface area (Å²) in [5, 5.41) is 3.56. The van der Waals surface area contributed by atoms with Crippen molar-refractivity contribution in [1.82, 2.24) is 5.32 Å². The van der Waals surface area contributed by atoms with Crippen LogP contribution in [-0.4, -0.2) is 12.6 Å². The van der Waals surface area contributed by atoms with E-state index in [-0.39, 0.29) is 0 Å². The largest absolute Gasteiger partial charge is 0.314 e. The minimum atomic E-state index is 0.706. The van der Waals surface area contributed by atoms with E-state index in [0.29, 0.717) is 6.04 Å². The van der Waals surface area contributed by atoms with Gasteiger partial charge < -0.3 is 5.32 Å². The first-order chi connectivity index (χ1) is 9.81. The Morgan fingerprint density at radius 3 is 1.95 bits per heavy atom. The predicted octanol–water partition coefficient (Wildman–Crippen LogP) is 6.24. The van der Waals surface area contributed by atoms with Gasteiger partial charge in [-0.15, -0.1) is 0 Å². The SMILES string of the molecule is CCCCCCC=CCCCCCCC(C)NCCC. The number of rotatable bonds is 15. The molecule has 1 atom stereocenters. The van der Waals surface area contributed by atoms with Gasteiger partial charge in [0.25, 0.3) is 0 Å². The molecule has 0 heterocycles. The Hall–Kier alpha value is -0.300. The molecule has 0 aromatic heterocycles. The highest BCUT2D eigenvalue weighted by Gasteiger charge is 1.99. The molecule has 0 aliphatic carbocycles. The van der Waals surface area contributed by atoms with Crippen LogP contribution < -0.4 is 5.32 Å². The van der Waals surface area contributed by atoms with Gasteiger partial charge in [0.2, 0.25) is 0 Å². The molecule has 0 saturated carbocycles. The van der Waals surface area contributed by atoms with Gasteiger partial charge in [0.15, 0.2) is 0 Å². The van der Waals surface area contributed by atoms with E-state index in [1.54, 1.807) is 0 Å². The van der Waals surface area contributed by atoms with Crippen LogP contribution in [0.15, 0.2) is 12.2 Å². The maximum absolute atomic E-state index is 3.56. The van der Waals surface area contributed by atoms with E-state index in [9.17, 15) is 0 Å². The highest BCUT2D eigenvalue weighted by atomic mass is 14.9. The summed E-state index contributed by atoms with van der Waals surface area (Å²) >= 11 is 0. The first kappa shape index (κ1) is 19.7. The first-order valence-corrected chi connectivity index (χ1v) is 9.19. The van der Waals surface area contributed by atoms with Crippen LogP contribution in [0.5, 0.6) is 0 Å². The molecule has 20 heavy (non-hydrogen) atoms. The Balaban J connectivity index is 3.14. The highest BCUT2D eigenvalue weighted by molar-refractivity contribution is 4.81. The fourth-order valence-corrected chi connectivity index (χ4v) is 2.48. The molecule has 0 spiro atoms. The second-order valence-electron chi connectivity index (χ2n) is 6.17. The van der Waals surface area contributed by atoms with Crippen LogP contribution in [0.4, 0.5) is 0 Å². The molecule has 1 unspecified atom stereocenters. The van der Waals surface area contributed by atoms with Crippen LogP contribution in [0.3, 0.4) is 0 Å². The lowest BCUT2D eigenvalue weighted by Crippen LogP contribution is -2.26. The van der Waals surface area contributed by atoms with E-state index in [2.05, 4.69) is 38.2 Å². The topological polar surface area (TPSA) is 12.0 Å². The molecule has 1 nitrogen and oxygen atoms in total. The Bertz CT molecular complexity index is 198. The lowest BCUT2D eigenvalue weighted by Gasteiger charge is -2.12. The van der Waals surface area contributed by atoms with Gasteiger partial charge in [-0.25, -0.2) is 0 Å². The van der Waals surface area contributed by atoms with Gasteiger partial charge in [-0.05, 0) is 52.0 Å². The molecule has 0 saturated heterocycles. The third-order valence-electron chi connectivity index (χ3n) is 3.89. The fraction of sp³-hybridized carbons (Fsp3) is 0.895. The Labute approximate surface area is 128 Å². The maximum Gasteiger partial charge on any atom is 0.00387 e. The van der Waals surface area contributed by atoms with Crippen LogP contribution >= 0.6 is 0 Å². The summed E-state index contributed by atoms with van der Waals surface area (Å²) in [5.41, 5.74) is 0. The van der Waals surface area contributed by atoms with Crippen LogP contribution in [0.25, 0.3) is 0 Å². The number of nitrogens with one attached hydrogen (secondary N) is 1. The Morgan fingerprint density at radius 1 is 0.750 bits per heavy atom. The standard InChI is InChI=1S/C19H39N/c1-4-6-7-8-9-10-11-12-13-14-15-16-17-19(3)20-18-5-2/h10-11,19-20H,4-9,12-18H2,1-3H3. The zero-order valence-electron chi connectivity index (χ0n) is 14.4. The van der Waals surface area contributed by atoms with Gasteiger partial charge in [-0.3, -0.25) is 0 Å². The Kier molecular flexibility index (Phi) is 16.5. The second-order valence-corrected chi connectivity index (χ2v) is 6.17. The third-order valence-corrected chi connectivity index (χ3v) is 3.89. The summed E-state index contributed by atoms with van der Waals surface area (Å²) in [6.07, 6.45) is 21.1. The summed E-state index contributed by atoms with van der Waals surface area (Å²) in [7, 11) is 0. The van der Waals surface area contributed by atoms with E-state index >= 15 is 0 Å². The Morgan fingerprint density at radius 2 is 1.35 bits per heavy atom. The van der Waals surface area contributed by atoms with Gasteiger partial charge >= 0.3 is 0 Å². The van der Waals surface area contributed by atoms with E-state index in [4.69, 9.17) is 0 Å². The molecule has 0 aliphatic heterocycles. The maximum atomic E-state index is 3.56. The molecule has 0 bridgehead atoms. The molecule has 0 aliphatic rings. The van der Waals surface area contributed by atoms with Crippen LogP contribution in [0.2, 0.25) is 0 Å². The smallest absolute Gasteiger partial charge is 0.00387 e. The second kappa shape index (κ2) is 16.8. The summed E-state index contributed by atoms with van der Waals surface area (Å²) in [6.45, 7) is 7.99. The molecule has 1 N–H and O–H groups in total. The molecule has 120 valence electrons. The molecule has 0 aromatic rings. The lowest BCUT2D eigenvalue weighted by molar-refractivity contribution is 0.481. The van der Waals surface area contributed by atoms with E-state index in [0.717, 1.165) is 0 Å². The summed E-state index contributed by atoms with van der Waals surface area (Å²) in [5.74, 6) is 0. The first-order valence-electron chi connectivity index (χ1n) is 9.19. The van der Waals surface area contributed by atoms with Crippen molar-refractivity contribution in [3.05, 3.63) is 12.2 Å². The van der Waals surface area contributed by atoms with Crippen molar-refractivity contribution in [3.63, 3.8) is 0 Å². The molecule has 0 radical (unpaired) electrons. The minimum Gasteiger partial charge on any atom is -0.314 e. The van der Waals surface area contributed by atoms with Crippen LogP contribution in [-0.2, 0) is 0 Å². The molecular weight excluding hydrogens is 242 g/mol. The quantitative estimate of drug-likeness (QED) is 0.277. The summed E-state index contributed by atoms with van der Waals surface area (Å²) < 4.78 is 0. The van der Waals surface area contributed by atoms with Gasteiger partial charge in [0.05, 0.1) is 0 Å². The highest BCUT2D eigenvalue weighted by Crippen LogP contribution is 2.09. The van der Waals surface area contributed by atoms with E-state index in [1.807, 2.05) is 0 Å². The number of hydrogen-bond donors (Lipinski definition) is 1.